The lowest BCUT2D eigenvalue weighted by molar-refractivity contribution is -0.376. The van der Waals surface area contributed by atoms with Crippen LogP contribution in [0.4, 0.5) is 11.5 Å². The Morgan fingerprint density at radius 3 is 2.54 bits per heavy atom. The van der Waals surface area contributed by atoms with E-state index in [1.807, 2.05) is 32.0 Å². The Hall–Kier alpha value is -1.25. The number of pyridine rings is 1. The molecule has 0 saturated heterocycles. The van der Waals surface area contributed by atoms with Crippen molar-refractivity contribution >= 4 is 11.5 Å². The van der Waals surface area contributed by atoms with E-state index in [1.54, 1.807) is 0 Å². The van der Waals surface area contributed by atoms with E-state index in [9.17, 15) is 0 Å². The first-order valence-corrected chi connectivity index (χ1v) is 4.54. The van der Waals surface area contributed by atoms with Gasteiger partial charge in [-0.05, 0) is 6.92 Å². The molecule has 0 aliphatic carbocycles. The topological polar surface area (TPSA) is 43.4 Å². The van der Waals surface area contributed by atoms with Crippen LogP contribution in [0, 0.1) is 6.92 Å². The summed E-state index contributed by atoms with van der Waals surface area (Å²) in [6.07, 6.45) is 0.984. The van der Waals surface area contributed by atoms with Crippen molar-refractivity contribution in [3.8, 4) is 0 Å². The molecule has 0 amide bonds. The van der Waals surface area contributed by atoms with Crippen molar-refractivity contribution in [2.24, 2.45) is 0 Å². The van der Waals surface area contributed by atoms with E-state index in [1.165, 1.54) is 5.69 Å². The molecule has 3 heteroatoms. The number of nitrogen functional groups attached to an aromatic ring is 1. The summed E-state index contributed by atoms with van der Waals surface area (Å²) in [5.74, 6) is 1.06. The summed E-state index contributed by atoms with van der Waals surface area (Å²) in [6.45, 7) is 4.17. The maximum absolute atomic E-state index is 5.89. The molecular weight excluding hydrogens is 162 g/mol. The second-order valence-corrected chi connectivity index (χ2v) is 3.46. The molecule has 1 aromatic heterocycles. The Labute approximate surface area is 79.6 Å². The molecule has 0 radical (unpaired) electrons. The van der Waals surface area contributed by atoms with Gasteiger partial charge in [-0.15, -0.1) is 0 Å². The fourth-order valence-electron chi connectivity index (χ4n) is 1.31. The van der Waals surface area contributed by atoms with Crippen LogP contribution in [0.25, 0.3) is 0 Å². The highest BCUT2D eigenvalue weighted by molar-refractivity contribution is 5.53. The highest BCUT2D eigenvalue weighted by Crippen LogP contribution is 2.16. The Kier molecular flexibility index (Phi) is 2.76. The molecule has 0 aromatic carbocycles. The molecule has 0 atom stereocenters. The van der Waals surface area contributed by atoms with E-state index >= 15 is 0 Å². The molecule has 1 heterocycles. The summed E-state index contributed by atoms with van der Waals surface area (Å²) in [5.41, 5.74) is 9.12. The zero-order valence-corrected chi connectivity index (χ0v) is 8.81. The van der Waals surface area contributed by atoms with Crippen molar-refractivity contribution in [3.63, 3.8) is 0 Å². The lowest BCUT2D eigenvalue weighted by Crippen LogP contribution is -2.24. The number of hydrogen-bond donors (Lipinski definition) is 1. The maximum Gasteiger partial charge on any atom is 0.276 e. The first kappa shape index (κ1) is 9.84. The van der Waals surface area contributed by atoms with Crippen molar-refractivity contribution in [2.45, 2.75) is 20.3 Å². The van der Waals surface area contributed by atoms with Gasteiger partial charge in [-0.2, -0.15) is 0 Å². The van der Waals surface area contributed by atoms with Crippen LogP contribution in [0.3, 0.4) is 0 Å². The number of hydrogen-bond acceptors (Lipinski definition) is 2. The predicted octanol–water partition coefficient (Wildman–Crippen LogP) is 1.02. The molecule has 0 aliphatic rings. The van der Waals surface area contributed by atoms with Gasteiger partial charge in [0.2, 0.25) is 0 Å². The third-order valence-corrected chi connectivity index (χ3v) is 2.29. The minimum absolute atomic E-state index is 0.860. The number of nitrogens with zero attached hydrogens (tertiary/aromatic N) is 1. The predicted molar refractivity (Wildman–Crippen MR) is 55.9 cm³/mol. The van der Waals surface area contributed by atoms with Crippen molar-refractivity contribution in [3.05, 3.63) is 17.3 Å². The van der Waals surface area contributed by atoms with Gasteiger partial charge in [0.25, 0.3) is 5.82 Å². The van der Waals surface area contributed by atoms with Crippen molar-refractivity contribution in [1.29, 1.82) is 0 Å². The molecule has 13 heavy (non-hydrogen) atoms. The molecule has 0 aliphatic heterocycles. The summed E-state index contributed by atoms with van der Waals surface area (Å²) in [5, 5.41) is 0. The van der Waals surface area contributed by atoms with Gasteiger partial charge in [-0.3, -0.25) is 4.90 Å². The van der Waals surface area contributed by atoms with Gasteiger partial charge in [-0.1, -0.05) is 6.92 Å². The molecule has 3 nitrogen and oxygen atoms in total. The quantitative estimate of drug-likeness (QED) is 0.738. The van der Waals surface area contributed by atoms with E-state index in [0.29, 0.717) is 0 Å². The van der Waals surface area contributed by atoms with Gasteiger partial charge in [0.1, 0.15) is 5.69 Å². The number of nitrogens with one attached hydrogen (secondary N) is 1. The minimum Gasteiger partial charge on any atom is -0.398 e. The van der Waals surface area contributed by atoms with Crippen LogP contribution < -0.4 is 15.6 Å². The third-order valence-electron chi connectivity index (χ3n) is 2.29. The number of aryl methyl sites for hydroxylation is 1. The molecule has 0 saturated carbocycles. The van der Waals surface area contributed by atoms with Crippen LogP contribution in [0.15, 0.2) is 6.07 Å². The molecule has 0 bridgehead atoms. The maximum atomic E-state index is 5.89. The summed E-state index contributed by atoms with van der Waals surface area (Å²) in [7, 11) is 4.00. The van der Waals surface area contributed by atoms with E-state index in [-0.39, 0.29) is 0 Å². The molecular formula is C10H18N3+. The van der Waals surface area contributed by atoms with Crippen LogP contribution in [0.5, 0.6) is 0 Å². The molecule has 0 spiro atoms. The second kappa shape index (κ2) is 3.64. The van der Waals surface area contributed by atoms with Gasteiger partial charge in [0, 0.05) is 17.7 Å². The Balaban J connectivity index is 3.22. The SMILES string of the molecule is CCc1[nH+]c(N(C)C)cc(N)c1C. The highest BCUT2D eigenvalue weighted by Gasteiger charge is 2.11. The molecule has 1 aromatic rings. The smallest absolute Gasteiger partial charge is 0.276 e. The Morgan fingerprint density at radius 1 is 1.46 bits per heavy atom. The molecule has 0 fully saturated rings. The first-order chi connectivity index (χ1) is 6.06. The van der Waals surface area contributed by atoms with Crippen LogP contribution in [-0.4, -0.2) is 14.1 Å². The van der Waals surface area contributed by atoms with Gasteiger partial charge in [0.15, 0.2) is 0 Å². The Bertz CT molecular complexity index is 305. The summed E-state index contributed by atoms with van der Waals surface area (Å²) in [4.78, 5) is 5.37. The van der Waals surface area contributed by atoms with E-state index < -0.39 is 0 Å². The summed E-state index contributed by atoms with van der Waals surface area (Å²) >= 11 is 0. The summed E-state index contributed by atoms with van der Waals surface area (Å²) in [6, 6.07) is 1.97. The monoisotopic (exact) mass is 180 g/mol. The molecule has 1 rings (SSSR count). The van der Waals surface area contributed by atoms with Crippen molar-refractivity contribution < 1.29 is 4.98 Å². The average Bonchev–Trinajstić information content (AvgIpc) is 2.09. The zero-order chi connectivity index (χ0) is 10.0. The van der Waals surface area contributed by atoms with Gasteiger partial charge in [0.05, 0.1) is 20.2 Å². The number of anilines is 2. The zero-order valence-electron chi connectivity index (χ0n) is 8.81. The fourth-order valence-corrected chi connectivity index (χ4v) is 1.31. The van der Waals surface area contributed by atoms with Crippen molar-refractivity contribution in [2.75, 3.05) is 24.7 Å². The van der Waals surface area contributed by atoms with Gasteiger partial charge < -0.3 is 5.73 Å². The molecule has 72 valence electrons. The first-order valence-electron chi connectivity index (χ1n) is 4.54. The average molecular weight is 180 g/mol. The fraction of sp³-hybridized carbons (Fsp3) is 0.500. The second-order valence-electron chi connectivity index (χ2n) is 3.46. The number of H-pyrrole nitrogens is 1. The van der Waals surface area contributed by atoms with Crippen LogP contribution in [0.1, 0.15) is 18.2 Å². The largest absolute Gasteiger partial charge is 0.398 e. The standard InChI is InChI=1S/C10H17N3/c1-5-9-7(2)8(11)6-10(12-9)13(3)4/h6H,5H2,1-4H3,(H2,11,12)/p+1. The van der Waals surface area contributed by atoms with Crippen LogP contribution in [-0.2, 0) is 6.42 Å². The van der Waals surface area contributed by atoms with E-state index in [0.717, 1.165) is 23.5 Å². The summed E-state index contributed by atoms with van der Waals surface area (Å²) < 4.78 is 0. The van der Waals surface area contributed by atoms with Crippen molar-refractivity contribution in [1.82, 2.24) is 0 Å². The Morgan fingerprint density at radius 2 is 2.08 bits per heavy atom. The number of nitrogens with two attached hydrogens (primary N) is 1. The molecule has 3 N–H and O–H groups in total. The lowest BCUT2D eigenvalue weighted by atomic mass is 10.1. The van der Waals surface area contributed by atoms with Gasteiger partial charge >= 0.3 is 0 Å². The van der Waals surface area contributed by atoms with E-state index in [2.05, 4.69) is 11.9 Å². The lowest BCUT2D eigenvalue weighted by Gasteiger charge is -2.09. The third kappa shape index (κ3) is 1.91. The number of aromatic nitrogens is 1. The van der Waals surface area contributed by atoms with Crippen LogP contribution >= 0.6 is 0 Å². The van der Waals surface area contributed by atoms with Gasteiger partial charge in [-0.25, -0.2) is 4.98 Å². The number of rotatable bonds is 2. The number of aromatic amines is 1. The normalized spacial score (nSPS) is 10.2. The molecule has 0 unspecified atom stereocenters. The highest BCUT2D eigenvalue weighted by atomic mass is 15.1. The van der Waals surface area contributed by atoms with Crippen LogP contribution in [0.2, 0.25) is 0 Å². The van der Waals surface area contributed by atoms with E-state index in [4.69, 9.17) is 5.73 Å². The minimum atomic E-state index is 0.860.